The average molecular weight is 356 g/mol. The molecular formula is C14H16N2O5S2. The third-order valence-electron chi connectivity index (χ3n) is 2.97. The molecular weight excluding hydrogens is 340 g/mol. The average Bonchev–Trinajstić information content (AvgIpc) is 3.03. The molecule has 0 fully saturated rings. The van der Waals surface area contributed by atoms with Crippen molar-refractivity contribution in [2.75, 3.05) is 14.2 Å². The van der Waals surface area contributed by atoms with Gasteiger partial charge in [-0.2, -0.15) is 0 Å². The number of rotatable bonds is 6. The highest BCUT2D eigenvalue weighted by molar-refractivity contribution is 7.90. The van der Waals surface area contributed by atoms with E-state index in [0.29, 0.717) is 12.2 Å². The van der Waals surface area contributed by atoms with Crippen molar-refractivity contribution < 1.29 is 22.7 Å². The normalized spacial score (nSPS) is 11.1. The smallest absolute Gasteiger partial charge is 0.276 e. The molecule has 0 unspecified atom stereocenters. The summed E-state index contributed by atoms with van der Waals surface area (Å²) in [4.78, 5) is 16.2. The summed E-state index contributed by atoms with van der Waals surface area (Å²) in [6.45, 7) is 1.90. The third-order valence-corrected chi connectivity index (χ3v) is 5.46. The van der Waals surface area contributed by atoms with Gasteiger partial charge < -0.3 is 9.47 Å². The Morgan fingerprint density at radius 3 is 2.61 bits per heavy atom. The van der Waals surface area contributed by atoms with Gasteiger partial charge in [-0.3, -0.25) is 4.79 Å². The van der Waals surface area contributed by atoms with Crippen molar-refractivity contribution in [3.05, 3.63) is 34.3 Å². The molecule has 23 heavy (non-hydrogen) atoms. The highest BCUT2D eigenvalue weighted by atomic mass is 32.2. The van der Waals surface area contributed by atoms with Crippen molar-refractivity contribution in [3.8, 4) is 11.5 Å². The Hall–Kier alpha value is -2.13. The summed E-state index contributed by atoms with van der Waals surface area (Å²) in [6.07, 6.45) is 2.03. The van der Waals surface area contributed by atoms with Crippen LogP contribution in [0.3, 0.4) is 0 Å². The van der Waals surface area contributed by atoms with E-state index in [0.717, 1.165) is 16.3 Å². The van der Waals surface area contributed by atoms with Crippen molar-refractivity contribution in [3.63, 3.8) is 0 Å². The first kappa shape index (κ1) is 17.2. The molecule has 7 nitrogen and oxygen atoms in total. The Bertz CT molecular complexity index is 814. The van der Waals surface area contributed by atoms with Crippen LogP contribution >= 0.6 is 11.3 Å². The standard InChI is InChI=1S/C14H16N2O5S2/c1-4-13-15-8-11(22-13)14(17)16-23(18,19)12-7-9(20-2)5-6-10(12)21-3/h5-8H,4H2,1-3H3,(H,16,17). The number of benzene rings is 1. The van der Waals surface area contributed by atoms with Gasteiger partial charge in [-0.05, 0) is 18.6 Å². The van der Waals surface area contributed by atoms with E-state index >= 15 is 0 Å². The lowest BCUT2D eigenvalue weighted by molar-refractivity contribution is 0.0985. The van der Waals surface area contributed by atoms with Gasteiger partial charge in [-0.15, -0.1) is 11.3 Å². The number of thiazole rings is 1. The lowest BCUT2D eigenvalue weighted by Gasteiger charge is -2.11. The molecule has 0 radical (unpaired) electrons. The van der Waals surface area contributed by atoms with Gasteiger partial charge in [0.15, 0.2) is 0 Å². The fourth-order valence-corrected chi connectivity index (χ4v) is 3.77. The van der Waals surface area contributed by atoms with Crippen molar-refractivity contribution >= 4 is 27.3 Å². The number of amides is 1. The number of aryl methyl sites for hydroxylation is 1. The van der Waals surface area contributed by atoms with Crippen LogP contribution in [0.2, 0.25) is 0 Å². The number of hydrogen-bond donors (Lipinski definition) is 1. The molecule has 124 valence electrons. The number of carbonyl (C=O) groups excluding carboxylic acids is 1. The molecule has 0 bridgehead atoms. The van der Waals surface area contributed by atoms with Crippen LogP contribution < -0.4 is 14.2 Å². The van der Waals surface area contributed by atoms with E-state index in [2.05, 4.69) is 4.98 Å². The molecule has 0 saturated carbocycles. The number of carbonyl (C=O) groups is 1. The second-order valence-corrected chi connectivity index (χ2v) is 7.19. The van der Waals surface area contributed by atoms with Crippen molar-refractivity contribution in [1.82, 2.24) is 9.71 Å². The highest BCUT2D eigenvalue weighted by Gasteiger charge is 2.24. The lowest BCUT2D eigenvalue weighted by atomic mass is 10.3. The van der Waals surface area contributed by atoms with Gasteiger partial charge in [0.2, 0.25) is 0 Å². The molecule has 1 N–H and O–H groups in total. The number of ether oxygens (including phenoxy) is 2. The summed E-state index contributed by atoms with van der Waals surface area (Å²) in [6, 6.07) is 4.31. The molecule has 1 aromatic heterocycles. The second kappa shape index (κ2) is 6.97. The molecule has 1 aromatic carbocycles. The fourth-order valence-electron chi connectivity index (χ4n) is 1.80. The van der Waals surface area contributed by atoms with Crippen LogP contribution in [-0.2, 0) is 16.4 Å². The van der Waals surface area contributed by atoms with Gasteiger partial charge in [0.25, 0.3) is 15.9 Å². The Morgan fingerprint density at radius 2 is 2.04 bits per heavy atom. The molecule has 9 heteroatoms. The van der Waals surface area contributed by atoms with Crippen molar-refractivity contribution in [1.29, 1.82) is 0 Å². The minimum absolute atomic E-state index is 0.115. The molecule has 0 aliphatic heterocycles. The number of aromatic nitrogens is 1. The molecule has 0 saturated heterocycles. The first-order valence-electron chi connectivity index (χ1n) is 6.65. The Balaban J connectivity index is 2.33. The lowest BCUT2D eigenvalue weighted by Crippen LogP contribution is -2.30. The molecule has 2 aromatic rings. The van der Waals surface area contributed by atoms with E-state index in [-0.39, 0.29) is 15.5 Å². The predicted octanol–water partition coefficient (Wildman–Crippen LogP) is 1.84. The Morgan fingerprint density at radius 1 is 1.30 bits per heavy atom. The van der Waals surface area contributed by atoms with E-state index < -0.39 is 15.9 Å². The second-order valence-electron chi connectivity index (χ2n) is 4.42. The SMILES string of the molecule is CCc1ncc(C(=O)NS(=O)(=O)c2cc(OC)ccc2OC)s1. The van der Waals surface area contributed by atoms with Crippen LogP contribution in [0.25, 0.3) is 0 Å². The maximum absolute atomic E-state index is 12.5. The molecule has 1 amide bonds. The summed E-state index contributed by atoms with van der Waals surface area (Å²) in [5.74, 6) is -0.276. The Labute approximate surface area is 138 Å². The van der Waals surface area contributed by atoms with Gasteiger partial charge in [0.1, 0.15) is 21.3 Å². The summed E-state index contributed by atoms with van der Waals surface area (Å²) in [5.41, 5.74) is 0. The number of methoxy groups -OCH3 is 2. The first-order chi connectivity index (χ1) is 10.9. The van der Waals surface area contributed by atoms with Gasteiger partial charge in [0, 0.05) is 6.07 Å². The molecule has 0 aliphatic rings. The largest absolute Gasteiger partial charge is 0.497 e. The highest BCUT2D eigenvalue weighted by Crippen LogP contribution is 2.28. The van der Waals surface area contributed by atoms with Gasteiger partial charge in [-0.25, -0.2) is 18.1 Å². The van der Waals surface area contributed by atoms with Crippen LogP contribution in [0.5, 0.6) is 11.5 Å². The zero-order valence-corrected chi connectivity index (χ0v) is 14.5. The molecule has 2 rings (SSSR count). The van der Waals surface area contributed by atoms with Gasteiger partial charge >= 0.3 is 0 Å². The van der Waals surface area contributed by atoms with Crippen LogP contribution in [0.1, 0.15) is 21.6 Å². The number of hydrogen-bond acceptors (Lipinski definition) is 7. The van der Waals surface area contributed by atoms with Crippen molar-refractivity contribution in [2.45, 2.75) is 18.2 Å². The summed E-state index contributed by atoms with van der Waals surface area (Å²) in [7, 11) is -1.34. The number of sulfonamides is 1. The fraction of sp³-hybridized carbons (Fsp3) is 0.286. The topological polar surface area (TPSA) is 94.6 Å². The Kier molecular flexibility index (Phi) is 5.22. The predicted molar refractivity (Wildman–Crippen MR) is 85.7 cm³/mol. The maximum Gasteiger partial charge on any atom is 0.276 e. The van der Waals surface area contributed by atoms with Gasteiger partial charge in [0.05, 0.1) is 25.4 Å². The zero-order valence-electron chi connectivity index (χ0n) is 12.8. The van der Waals surface area contributed by atoms with E-state index in [1.54, 1.807) is 6.07 Å². The van der Waals surface area contributed by atoms with Crippen molar-refractivity contribution in [2.24, 2.45) is 0 Å². The summed E-state index contributed by atoms with van der Waals surface area (Å²) < 4.78 is 37.0. The quantitative estimate of drug-likeness (QED) is 0.849. The van der Waals surface area contributed by atoms with E-state index in [4.69, 9.17) is 9.47 Å². The van der Waals surface area contributed by atoms with Crippen LogP contribution in [0, 0.1) is 0 Å². The number of nitrogens with one attached hydrogen (secondary N) is 1. The van der Waals surface area contributed by atoms with E-state index in [1.807, 2.05) is 11.6 Å². The molecule has 0 atom stereocenters. The van der Waals surface area contributed by atoms with Crippen LogP contribution in [-0.4, -0.2) is 33.5 Å². The summed E-state index contributed by atoms with van der Waals surface area (Å²) >= 11 is 1.15. The molecule has 0 aliphatic carbocycles. The van der Waals surface area contributed by atoms with Gasteiger partial charge in [-0.1, -0.05) is 6.92 Å². The van der Waals surface area contributed by atoms with E-state index in [1.165, 1.54) is 32.5 Å². The third kappa shape index (κ3) is 3.80. The van der Waals surface area contributed by atoms with Crippen LogP contribution in [0.4, 0.5) is 0 Å². The summed E-state index contributed by atoms with van der Waals surface area (Å²) in [5, 5.41) is 0.756. The maximum atomic E-state index is 12.5. The zero-order chi connectivity index (χ0) is 17.0. The van der Waals surface area contributed by atoms with Crippen LogP contribution in [0.15, 0.2) is 29.3 Å². The monoisotopic (exact) mass is 356 g/mol. The first-order valence-corrected chi connectivity index (χ1v) is 8.95. The minimum atomic E-state index is -4.11. The molecule has 0 spiro atoms. The molecule has 1 heterocycles. The van der Waals surface area contributed by atoms with E-state index in [9.17, 15) is 13.2 Å². The minimum Gasteiger partial charge on any atom is -0.497 e. The number of nitrogens with zero attached hydrogens (tertiary/aromatic N) is 1.